The monoisotopic (exact) mass is 266 g/mol. The van der Waals surface area contributed by atoms with E-state index in [0.29, 0.717) is 0 Å². The second-order valence-electron chi connectivity index (χ2n) is 5.78. The largest absolute Gasteiger partial charge is 0.355 e. The zero-order valence-corrected chi connectivity index (χ0v) is 11.6. The molecule has 4 rings (SSSR count). The molecular weight excluding hydrogens is 248 g/mol. The molecule has 3 heterocycles. The summed E-state index contributed by atoms with van der Waals surface area (Å²) < 4.78 is 0. The summed E-state index contributed by atoms with van der Waals surface area (Å²) in [6.45, 7) is 4.49. The van der Waals surface area contributed by atoms with Crippen LogP contribution in [0.2, 0.25) is 0 Å². The Morgan fingerprint density at radius 1 is 1.25 bits per heavy atom. The first kappa shape index (κ1) is 11.7. The van der Waals surface area contributed by atoms with Crippen LogP contribution in [0.15, 0.2) is 30.6 Å². The number of nitrogens with one attached hydrogen (secondary N) is 1. The Labute approximate surface area is 117 Å². The normalized spacial score (nSPS) is 19.9. The highest BCUT2D eigenvalue weighted by molar-refractivity contribution is 6.08. The molecule has 0 bridgehead atoms. The van der Waals surface area contributed by atoms with Gasteiger partial charge in [-0.15, -0.1) is 0 Å². The van der Waals surface area contributed by atoms with Crippen LogP contribution in [0.4, 0.5) is 5.82 Å². The first-order chi connectivity index (χ1) is 9.83. The van der Waals surface area contributed by atoms with E-state index in [2.05, 4.69) is 45.0 Å². The van der Waals surface area contributed by atoms with Gasteiger partial charge < -0.3 is 9.88 Å². The zero-order chi connectivity index (χ0) is 13.5. The van der Waals surface area contributed by atoms with Gasteiger partial charge in [-0.2, -0.15) is 0 Å². The summed E-state index contributed by atoms with van der Waals surface area (Å²) >= 11 is 0. The van der Waals surface area contributed by atoms with Crippen LogP contribution in [0.5, 0.6) is 0 Å². The zero-order valence-electron chi connectivity index (χ0n) is 11.6. The molecule has 20 heavy (non-hydrogen) atoms. The second-order valence-corrected chi connectivity index (χ2v) is 5.78. The number of nitrogens with zero attached hydrogens (tertiary/aromatic N) is 3. The number of benzene rings is 1. The van der Waals surface area contributed by atoms with Crippen LogP contribution in [-0.2, 0) is 0 Å². The van der Waals surface area contributed by atoms with Crippen LogP contribution in [-0.4, -0.2) is 28.0 Å². The van der Waals surface area contributed by atoms with Crippen molar-refractivity contribution in [1.82, 2.24) is 15.0 Å². The summed E-state index contributed by atoms with van der Waals surface area (Å²) in [6, 6.07) is 8.32. The first-order valence-corrected chi connectivity index (χ1v) is 7.29. The van der Waals surface area contributed by atoms with E-state index in [0.717, 1.165) is 41.4 Å². The van der Waals surface area contributed by atoms with Crippen LogP contribution in [0, 0.1) is 5.92 Å². The number of H-pyrrole nitrogens is 1. The van der Waals surface area contributed by atoms with Crippen molar-refractivity contribution in [1.29, 1.82) is 0 Å². The van der Waals surface area contributed by atoms with Gasteiger partial charge in [0.1, 0.15) is 17.4 Å². The van der Waals surface area contributed by atoms with Crippen molar-refractivity contribution < 1.29 is 0 Å². The molecule has 1 N–H and O–H groups in total. The fraction of sp³-hybridized carbons (Fsp3) is 0.375. The third kappa shape index (κ3) is 1.75. The molecule has 3 aromatic rings. The van der Waals surface area contributed by atoms with Gasteiger partial charge in [0, 0.05) is 24.0 Å². The smallest absolute Gasteiger partial charge is 0.156 e. The van der Waals surface area contributed by atoms with Crippen molar-refractivity contribution in [2.24, 2.45) is 5.92 Å². The van der Waals surface area contributed by atoms with Crippen LogP contribution >= 0.6 is 0 Å². The number of fused-ring (bicyclic) bond motifs is 3. The first-order valence-electron chi connectivity index (χ1n) is 7.29. The predicted molar refractivity (Wildman–Crippen MR) is 82.0 cm³/mol. The molecule has 1 saturated heterocycles. The quantitative estimate of drug-likeness (QED) is 0.734. The van der Waals surface area contributed by atoms with E-state index in [-0.39, 0.29) is 0 Å². The fourth-order valence-corrected chi connectivity index (χ4v) is 3.25. The average molecular weight is 266 g/mol. The number of para-hydroxylation sites is 1. The molecule has 1 fully saturated rings. The van der Waals surface area contributed by atoms with Crippen molar-refractivity contribution in [3.05, 3.63) is 30.6 Å². The Balaban J connectivity index is 1.91. The highest BCUT2D eigenvalue weighted by atomic mass is 15.2. The topological polar surface area (TPSA) is 44.8 Å². The van der Waals surface area contributed by atoms with Crippen LogP contribution < -0.4 is 4.90 Å². The molecular formula is C16H18N4. The second kappa shape index (κ2) is 4.47. The Morgan fingerprint density at radius 3 is 3.05 bits per heavy atom. The van der Waals surface area contributed by atoms with Crippen LogP contribution in [0.25, 0.3) is 21.9 Å². The van der Waals surface area contributed by atoms with Gasteiger partial charge in [-0.3, -0.25) is 0 Å². The standard InChI is InChI=1S/C16H18N4/c1-11-5-4-8-20(9-11)16-15-14(17-10-18-16)12-6-2-3-7-13(12)19-15/h2-3,6-7,10-11,19H,4-5,8-9H2,1H3/t11-/m1/s1. The van der Waals surface area contributed by atoms with Gasteiger partial charge in [-0.1, -0.05) is 25.1 Å². The van der Waals surface area contributed by atoms with E-state index in [1.807, 2.05) is 6.07 Å². The Hall–Kier alpha value is -2.10. The van der Waals surface area contributed by atoms with Crippen LogP contribution in [0.1, 0.15) is 19.8 Å². The number of hydrogen-bond donors (Lipinski definition) is 1. The molecule has 0 radical (unpaired) electrons. The molecule has 1 aromatic carbocycles. The lowest BCUT2D eigenvalue weighted by Crippen LogP contribution is -2.35. The molecule has 0 saturated carbocycles. The summed E-state index contributed by atoms with van der Waals surface area (Å²) in [4.78, 5) is 14.9. The van der Waals surface area contributed by atoms with Crippen LogP contribution in [0.3, 0.4) is 0 Å². The summed E-state index contributed by atoms with van der Waals surface area (Å²) in [7, 11) is 0. The minimum atomic E-state index is 0.734. The molecule has 102 valence electrons. The average Bonchev–Trinajstić information content (AvgIpc) is 2.86. The van der Waals surface area contributed by atoms with E-state index in [9.17, 15) is 0 Å². The van der Waals surface area contributed by atoms with Crippen molar-refractivity contribution in [2.75, 3.05) is 18.0 Å². The summed E-state index contributed by atoms with van der Waals surface area (Å²) in [5.74, 6) is 1.79. The van der Waals surface area contributed by atoms with Gasteiger partial charge in [0.2, 0.25) is 0 Å². The number of aromatic amines is 1. The number of aromatic nitrogens is 3. The fourth-order valence-electron chi connectivity index (χ4n) is 3.25. The Bertz CT molecular complexity index is 761. The Morgan fingerprint density at radius 2 is 2.15 bits per heavy atom. The van der Waals surface area contributed by atoms with Gasteiger partial charge in [0.05, 0.1) is 0 Å². The molecule has 0 aliphatic carbocycles. The maximum Gasteiger partial charge on any atom is 0.156 e. The lowest BCUT2D eigenvalue weighted by atomic mass is 10.0. The van der Waals surface area contributed by atoms with E-state index < -0.39 is 0 Å². The highest BCUT2D eigenvalue weighted by Gasteiger charge is 2.21. The third-order valence-electron chi connectivity index (χ3n) is 4.23. The molecule has 4 nitrogen and oxygen atoms in total. The van der Waals surface area contributed by atoms with Gasteiger partial charge >= 0.3 is 0 Å². The third-order valence-corrected chi connectivity index (χ3v) is 4.23. The van der Waals surface area contributed by atoms with Gasteiger partial charge in [0.15, 0.2) is 5.82 Å². The molecule has 1 atom stereocenters. The number of rotatable bonds is 1. The molecule has 1 aliphatic rings. The number of anilines is 1. The van der Waals surface area contributed by atoms with E-state index in [1.165, 1.54) is 18.2 Å². The molecule has 0 unspecified atom stereocenters. The van der Waals surface area contributed by atoms with Crippen molar-refractivity contribution in [3.8, 4) is 0 Å². The number of piperidine rings is 1. The maximum atomic E-state index is 4.54. The number of hydrogen-bond acceptors (Lipinski definition) is 3. The minimum absolute atomic E-state index is 0.734. The molecule has 0 amide bonds. The molecule has 2 aromatic heterocycles. The van der Waals surface area contributed by atoms with E-state index >= 15 is 0 Å². The molecule has 4 heteroatoms. The lowest BCUT2D eigenvalue weighted by Gasteiger charge is -2.31. The van der Waals surface area contributed by atoms with Crippen molar-refractivity contribution in [3.63, 3.8) is 0 Å². The van der Waals surface area contributed by atoms with Crippen molar-refractivity contribution in [2.45, 2.75) is 19.8 Å². The van der Waals surface area contributed by atoms with Gasteiger partial charge in [-0.25, -0.2) is 9.97 Å². The Kier molecular flexibility index (Phi) is 2.62. The van der Waals surface area contributed by atoms with Crippen molar-refractivity contribution >= 4 is 27.8 Å². The van der Waals surface area contributed by atoms with Gasteiger partial charge in [0.25, 0.3) is 0 Å². The van der Waals surface area contributed by atoms with E-state index in [4.69, 9.17) is 0 Å². The SMILES string of the molecule is C[C@@H]1CCCN(c2ncnc3c2[nH]c2ccccc23)C1. The summed E-state index contributed by atoms with van der Waals surface area (Å²) in [5.41, 5.74) is 3.24. The maximum absolute atomic E-state index is 4.54. The van der Waals surface area contributed by atoms with Gasteiger partial charge in [-0.05, 0) is 24.8 Å². The van der Waals surface area contributed by atoms with E-state index in [1.54, 1.807) is 6.33 Å². The molecule has 0 spiro atoms. The molecule has 1 aliphatic heterocycles. The summed E-state index contributed by atoms with van der Waals surface area (Å²) in [6.07, 6.45) is 4.25. The highest BCUT2D eigenvalue weighted by Crippen LogP contribution is 2.30. The minimum Gasteiger partial charge on any atom is -0.355 e. The predicted octanol–water partition coefficient (Wildman–Crippen LogP) is 3.35. The lowest BCUT2D eigenvalue weighted by molar-refractivity contribution is 0.445. The summed E-state index contributed by atoms with van der Waals surface area (Å²) in [5, 5.41) is 1.18.